The van der Waals surface area contributed by atoms with Crippen LogP contribution in [0.5, 0.6) is 0 Å². The summed E-state index contributed by atoms with van der Waals surface area (Å²) in [7, 11) is 0. The van der Waals surface area contributed by atoms with Crippen molar-refractivity contribution in [1.82, 2.24) is 5.32 Å². The summed E-state index contributed by atoms with van der Waals surface area (Å²) in [6.07, 6.45) is 1.39. The summed E-state index contributed by atoms with van der Waals surface area (Å²) in [5.41, 5.74) is 3.84. The van der Waals surface area contributed by atoms with Gasteiger partial charge in [0.1, 0.15) is 0 Å². The highest BCUT2D eigenvalue weighted by Crippen LogP contribution is 2.11. The Kier molecular flexibility index (Phi) is 5.39. The van der Waals surface area contributed by atoms with Crippen LogP contribution in [0.3, 0.4) is 0 Å². The van der Waals surface area contributed by atoms with Gasteiger partial charge in [-0.1, -0.05) is 32.0 Å². The van der Waals surface area contributed by atoms with Crippen molar-refractivity contribution in [3.8, 4) is 0 Å². The molecule has 18 heavy (non-hydrogen) atoms. The lowest BCUT2D eigenvalue weighted by Crippen LogP contribution is -2.36. The molecule has 1 aromatic carbocycles. The van der Waals surface area contributed by atoms with Gasteiger partial charge in [0, 0.05) is 12.5 Å². The van der Waals surface area contributed by atoms with E-state index in [0.29, 0.717) is 12.3 Å². The zero-order valence-corrected chi connectivity index (χ0v) is 12.2. The molecule has 100 valence electrons. The topological polar surface area (TPSA) is 29.1 Å². The number of amides is 1. The van der Waals surface area contributed by atoms with Crippen LogP contribution < -0.4 is 5.32 Å². The molecule has 0 aliphatic heterocycles. The molecule has 0 heterocycles. The smallest absolute Gasteiger partial charge is 0.220 e. The Balaban J connectivity index is 2.45. The minimum atomic E-state index is 0.148. The molecule has 1 N–H and O–H groups in total. The number of nitrogens with one attached hydrogen (secondary N) is 1. The molecule has 2 nitrogen and oxygen atoms in total. The Hall–Kier alpha value is -1.31. The maximum absolute atomic E-state index is 11.8. The van der Waals surface area contributed by atoms with E-state index in [0.717, 1.165) is 6.42 Å². The fourth-order valence-corrected chi connectivity index (χ4v) is 1.71. The van der Waals surface area contributed by atoms with E-state index in [2.05, 4.69) is 58.1 Å². The van der Waals surface area contributed by atoms with Crippen LogP contribution in [0.2, 0.25) is 0 Å². The highest BCUT2D eigenvalue weighted by atomic mass is 16.1. The van der Waals surface area contributed by atoms with Crippen LogP contribution in [0.1, 0.15) is 43.9 Å². The second-order valence-electron chi connectivity index (χ2n) is 5.52. The highest BCUT2D eigenvalue weighted by Gasteiger charge is 2.10. The van der Waals surface area contributed by atoms with Crippen LogP contribution in [0, 0.1) is 19.8 Å². The third-order valence-corrected chi connectivity index (χ3v) is 3.60. The van der Waals surface area contributed by atoms with Crippen LogP contribution in [0.15, 0.2) is 18.2 Å². The Labute approximate surface area is 111 Å². The largest absolute Gasteiger partial charge is 0.353 e. The number of benzene rings is 1. The fraction of sp³-hybridized carbons (Fsp3) is 0.562. The SMILES string of the molecule is Cc1ccc(CCC(=O)N[C@H](C)C(C)C)cc1C. The second-order valence-corrected chi connectivity index (χ2v) is 5.52. The zero-order chi connectivity index (χ0) is 13.7. The molecule has 0 fully saturated rings. The van der Waals surface area contributed by atoms with Crippen LogP contribution in [0.25, 0.3) is 0 Å². The van der Waals surface area contributed by atoms with Crippen LogP contribution in [-0.2, 0) is 11.2 Å². The summed E-state index contributed by atoms with van der Waals surface area (Å²) in [5.74, 6) is 0.630. The molecule has 0 bridgehead atoms. The molecule has 0 aromatic heterocycles. The van der Waals surface area contributed by atoms with E-state index < -0.39 is 0 Å². The van der Waals surface area contributed by atoms with E-state index in [-0.39, 0.29) is 11.9 Å². The van der Waals surface area contributed by atoms with Crippen molar-refractivity contribution in [1.29, 1.82) is 0 Å². The number of hydrogen-bond donors (Lipinski definition) is 1. The third kappa shape index (κ3) is 4.52. The molecule has 0 spiro atoms. The van der Waals surface area contributed by atoms with E-state index in [1.165, 1.54) is 16.7 Å². The fourth-order valence-electron chi connectivity index (χ4n) is 1.71. The molecule has 0 aliphatic rings. The molecular weight excluding hydrogens is 222 g/mol. The Morgan fingerprint density at radius 3 is 2.39 bits per heavy atom. The van der Waals surface area contributed by atoms with Crippen molar-refractivity contribution in [2.45, 2.75) is 53.5 Å². The monoisotopic (exact) mass is 247 g/mol. The standard InChI is InChI=1S/C16H25NO/c1-11(2)14(5)17-16(18)9-8-15-7-6-12(3)13(4)10-15/h6-7,10-11,14H,8-9H2,1-5H3,(H,17,18)/t14-/m1/s1. The summed E-state index contributed by atoms with van der Waals surface area (Å²) < 4.78 is 0. The molecule has 0 saturated carbocycles. The molecule has 1 rings (SSSR count). The van der Waals surface area contributed by atoms with E-state index in [9.17, 15) is 4.79 Å². The number of hydrogen-bond acceptors (Lipinski definition) is 1. The van der Waals surface area contributed by atoms with Gasteiger partial charge >= 0.3 is 0 Å². The predicted octanol–water partition coefficient (Wildman–Crippen LogP) is 3.40. The van der Waals surface area contributed by atoms with Crippen molar-refractivity contribution in [3.05, 3.63) is 34.9 Å². The first-order chi connectivity index (χ1) is 8.40. The van der Waals surface area contributed by atoms with Gasteiger partial charge in [0.2, 0.25) is 5.91 Å². The van der Waals surface area contributed by atoms with Crippen molar-refractivity contribution < 1.29 is 4.79 Å². The summed E-state index contributed by atoms with van der Waals surface area (Å²) in [4.78, 5) is 11.8. The lowest BCUT2D eigenvalue weighted by Gasteiger charge is -2.17. The third-order valence-electron chi connectivity index (χ3n) is 3.60. The minimum Gasteiger partial charge on any atom is -0.353 e. The van der Waals surface area contributed by atoms with Crippen molar-refractivity contribution in [2.75, 3.05) is 0 Å². The molecule has 0 radical (unpaired) electrons. The van der Waals surface area contributed by atoms with E-state index in [4.69, 9.17) is 0 Å². The van der Waals surface area contributed by atoms with Gasteiger partial charge in [-0.2, -0.15) is 0 Å². The van der Waals surface area contributed by atoms with Gasteiger partial charge in [-0.15, -0.1) is 0 Å². The summed E-state index contributed by atoms with van der Waals surface area (Å²) in [5, 5.41) is 3.04. The predicted molar refractivity (Wildman–Crippen MR) is 76.7 cm³/mol. The molecule has 0 unspecified atom stereocenters. The zero-order valence-electron chi connectivity index (χ0n) is 12.2. The number of carbonyl (C=O) groups is 1. The quantitative estimate of drug-likeness (QED) is 0.849. The highest BCUT2D eigenvalue weighted by molar-refractivity contribution is 5.76. The van der Waals surface area contributed by atoms with Crippen molar-refractivity contribution >= 4 is 5.91 Å². The minimum absolute atomic E-state index is 0.148. The Bertz CT molecular complexity index is 410. The Morgan fingerprint density at radius 2 is 1.83 bits per heavy atom. The van der Waals surface area contributed by atoms with Gasteiger partial charge < -0.3 is 5.32 Å². The molecule has 2 heteroatoms. The van der Waals surface area contributed by atoms with Gasteiger partial charge in [-0.25, -0.2) is 0 Å². The average Bonchev–Trinajstić information content (AvgIpc) is 2.30. The second kappa shape index (κ2) is 6.58. The first kappa shape index (κ1) is 14.7. The average molecular weight is 247 g/mol. The van der Waals surface area contributed by atoms with Crippen LogP contribution >= 0.6 is 0 Å². The van der Waals surface area contributed by atoms with Gasteiger partial charge in [0.25, 0.3) is 0 Å². The van der Waals surface area contributed by atoms with E-state index in [1.54, 1.807) is 0 Å². The van der Waals surface area contributed by atoms with Gasteiger partial charge in [0.05, 0.1) is 0 Å². The van der Waals surface area contributed by atoms with Gasteiger partial charge in [0.15, 0.2) is 0 Å². The molecule has 0 aliphatic carbocycles. The molecule has 1 aromatic rings. The summed E-state index contributed by atoms with van der Waals surface area (Å²) in [6.45, 7) is 10.5. The maximum atomic E-state index is 11.8. The molecule has 1 atom stereocenters. The Morgan fingerprint density at radius 1 is 1.17 bits per heavy atom. The summed E-state index contributed by atoms with van der Waals surface area (Å²) >= 11 is 0. The van der Waals surface area contributed by atoms with Crippen molar-refractivity contribution in [2.24, 2.45) is 5.92 Å². The lowest BCUT2D eigenvalue weighted by atomic mass is 10.0. The van der Waals surface area contributed by atoms with E-state index >= 15 is 0 Å². The first-order valence-electron chi connectivity index (χ1n) is 6.75. The van der Waals surface area contributed by atoms with Crippen molar-refractivity contribution in [3.63, 3.8) is 0 Å². The number of aryl methyl sites for hydroxylation is 3. The summed E-state index contributed by atoms with van der Waals surface area (Å²) in [6, 6.07) is 6.66. The normalized spacial score (nSPS) is 12.6. The number of rotatable bonds is 5. The molecular formula is C16H25NO. The maximum Gasteiger partial charge on any atom is 0.220 e. The molecule has 1 amide bonds. The van der Waals surface area contributed by atoms with Gasteiger partial charge in [-0.3, -0.25) is 4.79 Å². The van der Waals surface area contributed by atoms with Gasteiger partial charge in [-0.05, 0) is 49.8 Å². The number of carbonyl (C=O) groups excluding carboxylic acids is 1. The first-order valence-corrected chi connectivity index (χ1v) is 6.75. The van der Waals surface area contributed by atoms with Crippen LogP contribution in [-0.4, -0.2) is 11.9 Å². The molecule has 0 saturated heterocycles. The van der Waals surface area contributed by atoms with Crippen LogP contribution in [0.4, 0.5) is 0 Å². The van der Waals surface area contributed by atoms with E-state index in [1.807, 2.05) is 0 Å². The lowest BCUT2D eigenvalue weighted by molar-refractivity contribution is -0.121.